The molecule has 0 radical (unpaired) electrons. The van der Waals surface area contributed by atoms with Crippen LogP contribution in [0.4, 0.5) is 0 Å². The largest absolute Gasteiger partial charge is 0.489 e. The summed E-state index contributed by atoms with van der Waals surface area (Å²) < 4.78 is 5.95. The molecule has 0 aliphatic carbocycles. The third-order valence-electron chi connectivity index (χ3n) is 4.39. The molecule has 0 heterocycles. The second kappa shape index (κ2) is 10.2. The lowest BCUT2D eigenvalue weighted by Gasteiger charge is -2.09. The van der Waals surface area contributed by atoms with Gasteiger partial charge < -0.3 is 10.1 Å². The Balaban J connectivity index is 1.57. The number of carbonyl (C=O) groups is 2. The molecule has 6 heteroatoms. The van der Waals surface area contributed by atoms with Crippen LogP contribution in [-0.2, 0) is 16.2 Å². The summed E-state index contributed by atoms with van der Waals surface area (Å²) in [4.78, 5) is 23.4. The molecule has 0 aliphatic rings. The maximum atomic E-state index is 11.7. The highest BCUT2D eigenvalue weighted by atomic mass is 16.5. The van der Waals surface area contributed by atoms with Crippen LogP contribution < -0.4 is 15.5 Å². The fourth-order valence-electron chi connectivity index (χ4n) is 2.86. The molecular formula is C24H25N3O3. The smallest absolute Gasteiger partial charge is 0.329 e. The molecule has 0 aromatic heterocycles. The molecule has 0 spiro atoms. The monoisotopic (exact) mass is 403 g/mol. The van der Waals surface area contributed by atoms with Crippen LogP contribution in [0, 0.1) is 5.92 Å². The van der Waals surface area contributed by atoms with Crippen LogP contribution in [0.5, 0.6) is 5.75 Å². The molecule has 6 nitrogen and oxygen atoms in total. The van der Waals surface area contributed by atoms with Crippen molar-refractivity contribution in [3.63, 3.8) is 0 Å². The van der Waals surface area contributed by atoms with Crippen LogP contribution in [0.25, 0.3) is 10.8 Å². The number of benzene rings is 3. The first-order chi connectivity index (χ1) is 14.5. The van der Waals surface area contributed by atoms with Crippen molar-refractivity contribution in [1.29, 1.82) is 0 Å². The molecule has 3 aromatic rings. The summed E-state index contributed by atoms with van der Waals surface area (Å²) in [5.74, 6) is -0.543. The van der Waals surface area contributed by atoms with Gasteiger partial charge in [0.25, 0.3) is 0 Å². The highest BCUT2D eigenvalue weighted by Crippen LogP contribution is 2.21. The molecule has 0 atom stereocenters. The normalized spacial score (nSPS) is 11.0. The van der Waals surface area contributed by atoms with Crippen molar-refractivity contribution in [3.8, 4) is 5.75 Å². The molecule has 0 saturated heterocycles. The van der Waals surface area contributed by atoms with Crippen LogP contribution in [0.3, 0.4) is 0 Å². The van der Waals surface area contributed by atoms with E-state index in [9.17, 15) is 9.59 Å². The average molecular weight is 403 g/mol. The lowest BCUT2D eigenvalue weighted by atomic mass is 10.1. The van der Waals surface area contributed by atoms with Gasteiger partial charge in [0.2, 0.25) is 0 Å². The molecule has 0 unspecified atom stereocenters. The lowest BCUT2D eigenvalue weighted by molar-refractivity contribution is -0.139. The topological polar surface area (TPSA) is 79.8 Å². The van der Waals surface area contributed by atoms with Gasteiger partial charge in [-0.2, -0.15) is 5.10 Å². The molecule has 2 amide bonds. The fraction of sp³-hybridized carbons (Fsp3) is 0.208. The number of nitrogens with zero attached hydrogens (tertiary/aromatic N) is 1. The minimum absolute atomic E-state index is 0.266. The van der Waals surface area contributed by atoms with Crippen LogP contribution >= 0.6 is 0 Å². The van der Waals surface area contributed by atoms with E-state index in [2.05, 4.69) is 34.0 Å². The Hall–Kier alpha value is -3.67. The Labute approximate surface area is 175 Å². The van der Waals surface area contributed by atoms with Gasteiger partial charge in [0.15, 0.2) is 0 Å². The summed E-state index contributed by atoms with van der Waals surface area (Å²) in [5.41, 5.74) is 4.08. The van der Waals surface area contributed by atoms with Gasteiger partial charge in [-0.05, 0) is 39.9 Å². The Bertz CT molecular complexity index is 1060. The van der Waals surface area contributed by atoms with Crippen LogP contribution in [-0.4, -0.2) is 24.6 Å². The van der Waals surface area contributed by atoms with Gasteiger partial charge in [0.1, 0.15) is 12.4 Å². The molecule has 0 fully saturated rings. The number of hydrazone groups is 1. The summed E-state index contributed by atoms with van der Waals surface area (Å²) in [7, 11) is 0. The molecule has 2 N–H and O–H groups in total. The number of hydrogen-bond donors (Lipinski definition) is 2. The SMILES string of the molecule is CC(C)CNC(=O)C(=O)N/N=C\c1cccc(OCc2cccc3ccccc23)c1. The second-order valence-electron chi connectivity index (χ2n) is 7.30. The van der Waals surface area contributed by atoms with Crippen LogP contribution in [0.1, 0.15) is 25.0 Å². The van der Waals surface area contributed by atoms with Gasteiger partial charge in [-0.1, -0.05) is 68.4 Å². The quantitative estimate of drug-likeness (QED) is 0.359. The summed E-state index contributed by atoms with van der Waals surface area (Å²) in [6, 6.07) is 21.7. The predicted molar refractivity (Wildman–Crippen MR) is 118 cm³/mol. The highest BCUT2D eigenvalue weighted by Gasteiger charge is 2.12. The van der Waals surface area contributed by atoms with Crippen molar-refractivity contribution < 1.29 is 14.3 Å². The van der Waals surface area contributed by atoms with Gasteiger partial charge in [-0.3, -0.25) is 9.59 Å². The Morgan fingerprint density at radius 2 is 1.77 bits per heavy atom. The van der Waals surface area contributed by atoms with Gasteiger partial charge >= 0.3 is 11.8 Å². The number of fused-ring (bicyclic) bond motifs is 1. The van der Waals surface area contributed by atoms with Crippen molar-refractivity contribution in [2.75, 3.05) is 6.54 Å². The van der Waals surface area contributed by atoms with E-state index >= 15 is 0 Å². The first kappa shape index (κ1) is 21.0. The Kier molecular flexibility index (Phi) is 7.16. The van der Waals surface area contributed by atoms with Crippen molar-refractivity contribution in [3.05, 3.63) is 77.9 Å². The van der Waals surface area contributed by atoms with E-state index in [1.54, 1.807) is 0 Å². The third kappa shape index (κ3) is 5.91. The lowest BCUT2D eigenvalue weighted by Crippen LogP contribution is -2.39. The standard InChI is InChI=1S/C24H25N3O3/c1-17(2)14-25-23(28)24(29)27-26-15-18-7-5-11-21(13-18)30-16-20-10-6-9-19-8-3-4-12-22(19)20/h3-13,15,17H,14,16H2,1-2H3,(H,25,28)(H,27,29)/b26-15-. The van der Waals surface area contributed by atoms with Crippen molar-refractivity contribution in [2.24, 2.45) is 11.0 Å². The van der Waals surface area contributed by atoms with E-state index in [1.165, 1.54) is 11.6 Å². The first-order valence-corrected chi connectivity index (χ1v) is 9.83. The van der Waals surface area contributed by atoms with E-state index in [4.69, 9.17) is 4.74 Å². The highest BCUT2D eigenvalue weighted by molar-refractivity contribution is 6.35. The van der Waals surface area contributed by atoms with E-state index in [0.29, 0.717) is 18.9 Å². The maximum Gasteiger partial charge on any atom is 0.329 e. The molecule has 0 saturated carbocycles. The number of carbonyl (C=O) groups excluding carboxylic acids is 2. The zero-order valence-electron chi connectivity index (χ0n) is 17.1. The van der Waals surface area contributed by atoms with E-state index in [-0.39, 0.29) is 5.92 Å². The van der Waals surface area contributed by atoms with Crippen molar-refractivity contribution in [2.45, 2.75) is 20.5 Å². The minimum atomic E-state index is -0.796. The number of amides is 2. The number of rotatable bonds is 7. The zero-order valence-corrected chi connectivity index (χ0v) is 17.1. The van der Waals surface area contributed by atoms with Gasteiger partial charge in [0, 0.05) is 6.54 Å². The van der Waals surface area contributed by atoms with E-state index in [0.717, 1.165) is 16.5 Å². The summed E-state index contributed by atoms with van der Waals surface area (Å²) in [5, 5.41) is 8.73. The van der Waals surface area contributed by atoms with E-state index < -0.39 is 11.8 Å². The number of hydrogen-bond acceptors (Lipinski definition) is 4. The second-order valence-corrected chi connectivity index (χ2v) is 7.30. The molecule has 0 bridgehead atoms. The molecular weight excluding hydrogens is 378 g/mol. The molecule has 154 valence electrons. The maximum absolute atomic E-state index is 11.7. The number of ether oxygens (including phenoxy) is 1. The minimum Gasteiger partial charge on any atom is -0.489 e. The third-order valence-corrected chi connectivity index (χ3v) is 4.39. The van der Waals surface area contributed by atoms with Crippen LogP contribution in [0.15, 0.2) is 71.8 Å². The van der Waals surface area contributed by atoms with Gasteiger partial charge in [-0.15, -0.1) is 0 Å². The van der Waals surface area contributed by atoms with Gasteiger partial charge in [-0.25, -0.2) is 5.43 Å². The zero-order chi connectivity index (χ0) is 21.3. The predicted octanol–water partition coefficient (Wildman–Crippen LogP) is 3.64. The fourth-order valence-corrected chi connectivity index (χ4v) is 2.86. The molecule has 0 aliphatic heterocycles. The Morgan fingerprint density at radius 1 is 1.00 bits per heavy atom. The Morgan fingerprint density at radius 3 is 2.60 bits per heavy atom. The van der Waals surface area contributed by atoms with Crippen molar-refractivity contribution in [1.82, 2.24) is 10.7 Å². The first-order valence-electron chi connectivity index (χ1n) is 9.83. The van der Waals surface area contributed by atoms with Gasteiger partial charge in [0.05, 0.1) is 6.21 Å². The van der Waals surface area contributed by atoms with Crippen LogP contribution in [0.2, 0.25) is 0 Å². The molecule has 3 rings (SSSR count). The number of nitrogens with one attached hydrogen (secondary N) is 2. The van der Waals surface area contributed by atoms with Crippen molar-refractivity contribution >= 4 is 28.8 Å². The molecule has 3 aromatic carbocycles. The van der Waals surface area contributed by atoms with E-state index in [1.807, 2.05) is 62.4 Å². The molecule has 30 heavy (non-hydrogen) atoms. The average Bonchev–Trinajstić information content (AvgIpc) is 2.76. The summed E-state index contributed by atoms with van der Waals surface area (Å²) in [6.07, 6.45) is 1.47. The summed E-state index contributed by atoms with van der Waals surface area (Å²) >= 11 is 0. The summed E-state index contributed by atoms with van der Waals surface area (Å²) in [6.45, 7) is 4.78.